The Morgan fingerprint density at radius 2 is 1.83 bits per heavy atom. The molecule has 4 nitrogen and oxygen atoms in total. The van der Waals surface area contributed by atoms with Gasteiger partial charge in [-0.25, -0.2) is 0 Å². The molecule has 0 amide bonds. The zero-order valence-electron chi connectivity index (χ0n) is 11.5. The Morgan fingerprint density at radius 3 is 2.61 bits per heavy atom. The van der Waals surface area contributed by atoms with Gasteiger partial charge in [0.15, 0.2) is 0 Å². The number of aromatic amines is 1. The predicted molar refractivity (Wildman–Crippen MR) is 95.1 cm³/mol. The van der Waals surface area contributed by atoms with Crippen LogP contribution in [0.25, 0.3) is 27.0 Å². The molecule has 0 atom stereocenters. The van der Waals surface area contributed by atoms with E-state index >= 15 is 0 Å². The van der Waals surface area contributed by atoms with E-state index < -0.39 is 0 Å². The summed E-state index contributed by atoms with van der Waals surface area (Å²) in [5, 5.41) is 0.891. The molecule has 0 aliphatic heterocycles. The van der Waals surface area contributed by atoms with Crippen molar-refractivity contribution < 1.29 is 0 Å². The number of halogens is 2. The van der Waals surface area contributed by atoms with E-state index in [0.29, 0.717) is 37.0 Å². The Kier molecular flexibility index (Phi) is 3.30. The fourth-order valence-electron chi connectivity index (χ4n) is 2.61. The largest absolute Gasteiger partial charge is 0.319 e. The fraction of sp³-hybridized carbons (Fsp3) is 0. The first-order valence-electron chi connectivity index (χ1n) is 6.68. The van der Waals surface area contributed by atoms with Crippen LogP contribution in [0.4, 0.5) is 0 Å². The molecule has 23 heavy (non-hydrogen) atoms. The lowest BCUT2D eigenvalue weighted by atomic mass is 10.1. The maximum atomic E-state index is 12.5. The maximum absolute atomic E-state index is 12.5. The number of hydrogen-bond donors (Lipinski definition) is 1. The van der Waals surface area contributed by atoms with Crippen LogP contribution in [0.3, 0.4) is 0 Å². The molecule has 0 bridgehead atoms. The van der Waals surface area contributed by atoms with Gasteiger partial charge in [-0.2, -0.15) is 0 Å². The van der Waals surface area contributed by atoms with Crippen molar-refractivity contribution in [1.29, 1.82) is 0 Å². The summed E-state index contributed by atoms with van der Waals surface area (Å²) in [6, 6.07) is 12.2. The first kappa shape index (κ1) is 14.5. The number of fused-ring (bicyclic) bond motifs is 3. The third kappa shape index (κ3) is 2.20. The lowest BCUT2D eigenvalue weighted by Gasteiger charge is -2.04. The van der Waals surface area contributed by atoms with E-state index in [1.54, 1.807) is 36.4 Å². The van der Waals surface area contributed by atoms with E-state index in [2.05, 4.69) is 4.98 Å². The van der Waals surface area contributed by atoms with Crippen molar-refractivity contribution >= 4 is 51.1 Å². The zero-order valence-corrected chi connectivity index (χ0v) is 13.8. The molecular weight excluding hydrogens is 355 g/mol. The lowest BCUT2D eigenvalue weighted by molar-refractivity contribution is 1.16. The summed E-state index contributed by atoms with van der Waals surface area (Å²) in [6.07, 6.45) is 0. The number of aromatic nitrogens is 2. The minimum absolute atomic E-state index is 0.233. The van der Waals surface area contributed by atoms with Gasteiger partial charge in [0.2, 0.25) is 0 Å². The van der Waals surface area contributed by atoms with Crippen molar-refractivity contribution in [3.63, 3.8) is 0 Å². The van der Waals surface area contributed by atoms with Gasteiger partial charge < -0.3 is 4.98 Å². The summed E-state index contributed by atoms with van der Waals surface area (Å²) in [5.74, 6) is 0. The minimum atomic E-state index is -0.330. The van der Waals surface area contributed by atoms with Crippen LogP contribution in [0.5, 0.6) is 0 Å². The van der Waals surface area contributed by atoms with E-state index in [4.69, 9.17) is 23.2 Å². The molecule has 0 saturated heterocycles. The fourth-order valence-corrected chi connectivity index (χ4v) is 4.19. The number of H-pyrrole nitrogens is 1. The van der Waals surface area contributed by atoms with E-state index in [1.165, 1.54) is 4.40 Å². The van der Waals surface area contributed by atoms with Crippen LogP contribution in [-0.2, 0) is 0 Å². The van der Waals surface area contributed by atoms with Crippen molar-refractivity contribution in [2.24, 2.45) is 0 Å². The monoisotopic (exact) mass is 362 g/mol. The van der Waals surface area contributed by atoms with Crippen LogP contribution in [0.2, 0.25) is 10.0 Å². The van der Waals surface area contributed by atoms with Gasteiger partial charge in [-0.3, -0.25) is 14.0 Å². The quantitative estimate of drug-likeness (QED) is 0.552. The second-order valence-electron chi connectivity index (χ2n) is 4.98. The standard InChI is InChI=1S/C16H8Cl2N2O2S/c17-8-5-6-9(10(18)7-8)14-13-15(21)19-11-3-1-2-4-12(11)20(13)16(22)23-14/h1-7H,(H,19,21). The minimum Gasteiger partial charge on any atom is -0.319 e. The van der Waals surface area contributed by atoms with Gasteiger partial charge in [0.1, 0.15) is 5.52 Å². The topological polar surface area (TPSA) is 54.3 Å². The highest BCUT2D eigenvalue weighted by Gasteiger charge is 2.18. The first-order chi connectivity index (χ1) is 11.1. The van der Waals surface area contributed by atoms with Gasteiger partial charge in [0, 0.05) is 10.6 Å². The third-order valence-electron chi connectivity index (χ3n) is 3.59. The Morgan fingerprint density at radius 1 is 1.04 bits per heavy atom. The van der Waals surface area contributed by atoms with Crippen molar-refractivity contribution in [3.8, 4) is 10.4 Å². The van der Waals surface area contributed by atoms with Crippen LogP contribution in [0.1, 0.15) is 0 Å². The zero-order chi connectivity index (χ0) is 16.1. The Balaban J connectivity index is 2.20. The molecule has 2 aromatic heterocycles. The van der Waals surface area contributed by atoms with Crippen LogP contribution >= 0.6 is 34.5 Å². The van der Waals surface area contributed by atoms with Gasteiger partial charge in [-0.15, -0.1) is 0 Å². The molecule has 0 spiro atoms. The molecule has 4 rings (SSSR count). The number of benzene rings is 2. The Hall–Kier alpha value is -2.08. The first-order valence-corrected chi connectivity index (χ1v) is 8.25. The highest BCUT2D eigenvalue weighted by atomic mass is 35.5. The summed E-state index contributed by atoms with van der Waals surface area (Å²) < 4.78 is 1.43. The molecule has 114 valence electrons. The van der Waals surface area contributed by atoms with Crippen molar-refractivity contribution in [2.75, 3.05) is 0 Å². The average molecular weight is 363 g/mol. The Bertz CT molecular complexity index is 1190. The molecule has 4 aromatic rings. The second kappa shape index (κ2) is 5.23. The number of rotatable bonds is 1. The SMILES string of the molecule is O=c1[nH]c2ccccc2n2c(=O)sc(-c3ccc(Cl)cc3Cl)c12. The van der Waals surface area contributed by atoms with Gasteiger partial charge in [0.25, 0.3) is 5.56 Å². The van der Waals surface area contributed by atoms with E-state index in [1.807, 2.05) is 6.07 Å². The van der Waals surface area contributed by atoms with E-state index in [0.717, 1.165) is 11.3 Å². The van der Waals surface area contributed by atoms with Crippen LogP contribution < -0.4 is 10.4 Å². The second-order valence-corrected chi connectivity index (χ2v) is 6.78. The highest BCUT2D eigenvalue weighted by molar-refractivity contribution is 7.13. The van der Waals surface area contributed by atoms with Gasteiger partial charge in [-0.1, -0.05) is 52.7 Å². The molecule has 0 fully saturated rings. The molecular formula is C16H8Cl2N2O2S. The van der Waals surface area contributed by atoms with Gasteiger partial charge in [0.05, 0.1) is 20.9 Å². The molecule has 0 saturated carbocycles. The highest BCUT2D eigenvalue weighted by Crippen LogP contribution is 2.34. The van der Waals surface area contributed by atoms with Gasteiger partial charge in [-0.05, 0) is 24.3 Å². The molecule has 1 N–H and O–H groups in total. The van der Waals surface area contributed by atoms with Crippen LogP contribution in [0, 0.1) is 0 Å². The van der Waals surface area contributed by atoms with Crippen molar-refractivity contribution in [1.82, 2.24) is 9.38 Å². The van der Waals surface area contributed by atoms with E-state index in [9.17, 15) is 9.59 Å². The molecule has 0 aliphatic rings. The molecule has 0 unspecified atom stereocenters. The third-order valence-corrected chi connectivity index (χ3v) is 5.12. The molecule has 7 heteroatoms. The molecule has 2 aromatic carbocycles. The number of nitrogens with zero attached hydrogens (tertiary/aromatic N) is 1. The summed E-state index contributed by atoms with van der Waals surface area (Å²) in [4.78, 5) is 28.1. The van der Waals surface area contributed by atoms with Crippen molar-refractivity contribution in [3.05, 3.63) is 72.5 Å². The number of thiazole rings is 1. The number of nitrogens with one attached hydrogen (secondary N) is 1. The predicted octanol–water partition coefficient (Wildman–Crippen LogP) is 4.18. The smallest absolute Gasteiger partial charge is 0.313 e. The van der Waals surface area contributed by atoms with E-state index in [-0.39, 0.29) is 10.4 Å². The molecule has 2 heterocycles. The summed E-state index contributed by atoms with van der Waals surface area (Å²) >= 11 is 13.2. The maximum Gasteiger partial charge on any atom is 0.313 e. The van der Waals surface area contributed by atoms with Crippen LogP contribution in [0.15, 0.2) is 52.1 Å². The van der Waals surface area contributed by atoms with Crippen molar-refractivity contribution in [2.45, 2.75) is 0 Å². The summed E-state index contributed by atoms with van der Waals surface area (Å²) in [5.41, 5.74) is 1.84. The number of para-hydroxylation sites is 2. The Labute approximate surface area is 143 Å². The van der Waals surface area contributed by atoms with Gasteiger partial charge >= 0.3 is 4.87 Å². The summed E-state index contributed by atoms with van der Waals surface area (Å²) in [7, 11) is 0. The average Bonchev–Trinajstić information content (AvgIpc) is 2.86. The molecule has 0 aliphatic carbocycles. The van der Waals surface area contributed by atoms with Crippen LogP contribution in [-0.4, -0.2) is 9.38 Å². The summed E-state index contributed by atoms with van der Waals surface area (Å²) in [6.45, 7) is 0. The number of hydrogen-bond acceptors (Lipinski definition) is 3. The normalized spacial score (nSPS) is 11.4. The molecule has 0 radical (unpaired) electrons. The lowest BCUT2D eigenvalue weighted by Crippen LogP contribution is -2.15.